The molecule has 17 heavy (non-hydrogen) atoms. The van der Waals surface area contributed by atoms with E-state index in [1.807, 2.05) is 28.9 Å². The van der Waals surface area contributed by atoms with Crippen LogP contribution in [0.4, 0.5) is 0 Å². The topological polar surface area (TPSA) is 64.2 Å². The lowest BCUT2D eigenvalue weighted by Crippen LogP contribution is -2.39. The third-order valence-corrected chi connectivity index (χ3v) is 3.28. The molecule has 1 aromatic rings. The maximum Gasteiger partial charge on any atom is 0.223 e. The van der Waals surface area contributed by atoms with Crippen LogP contribution < -0.4 is 5.73 Å². The molecular weight excluding hydrogens is 216 g/mol. The maximum absolute atomic E-state index is 11.8. The molecule has 1 aliphatic rings. The number of likely N-dealkylation sites (tertiary alicyclic amines) is 1. The predicted molar refractivity (Wildman–Crippen MR) is 65.4 cm³/mol. The molecule has 1 saturated heterocycles. The Bertz CT molecular complexity index is 388. The van der Waals surface area contributed by atoms with Gasteiger partial charge in [-0.3, -0.25) is 9.48 Å². The smallest absolute Gasteiger partial charge is 0.223 e. The average Bonchev–Trinajstić information content (AvgIpc) is 2.76. The number of aromatic nitrogens is 2. The first-order valence-corrected chi connectivity index (χ1v) is 6.18. The van der Waals surface area contributed by atoms with Crippen LogP contribution in [0.3, 0.4) is 0 Å². The maximum atomic E-state index is 11.8. The molecule has 2 N–H and O–H groups in total. The second kappa shape index (κ2) is 5.31. The fraction of sp³-hybridized carbons (Fsp3) is 0.667. The van der Waals surface area contributed by atoms with Gasteiger partial charge in [-0.15, -0.1) is 0 Å². The van der Waals surface area contributed by atoms with E-state index in [0.29, 0.717) is 18.9 Å². The molecule has 5 heteroatoms. The van der Waals surface area contributed by atoms with Crippen LogP contribution in [0, 0.1) is 0 Å². The quantitative estimate of drug-likeness (QED) is 0.830. The van der Waals surface area contributed by atoms with Crippen LogP contribution in [-0.2, 0) is 11.8 Å². The molecule has 0 aromatic carbocycles. The Morgan fingerprint density at radius 2 is 2.47 bits per heavy atom. The molecule has 1 aromatic heterocycles. The number of hydrogen-bond donors (Lipinski definition) is 1. The molecule has 0 bridgehead atoms. The SMILES string of the molecule is Cn1ccc(C2CCCN(C(=O)CCN)C2)n1. The monoisotopic (exact) mass is 236 g/mol. The van der Waals surface area contributed by atoms with Crippen molar-refractivity contribution in [1.82, 2.24) is 14.7 Å². The third kappa shape index (κ3) is 2.85. The molecule has 0 aliphatic carbocycles. The lowest BCUT2D eigenvalue weighted by atomic mass is 9.95. The first-order chi connectivity index (χ1) is 8.20. The van der Waals surface area contributed by atoms with Gasteiger partial charge in [0.2, 0.25) is 5.91 Å². The molecule has 2 heterocycles. The zero-order valence-corrected chi connectivity index (χ0v) is 10.3. The van der Waals surface area contributed by atoms with E-state index in [1.165, 1.54) is 0 Å². The predicted octanol–water partition coefficient (Wildman–Crippen LogP) is 0.475. The lowest BCUT2D eigenvalue weighted by Gasteiger charge is -2.32. The number of carbonyl (C=O) groups excluding carboxylic acids is 1. The molecule has 0 radical (unpaired) electrons. The molecule has 1 amide bonds. The van der Waals surface area contributed by atoms with Gasteiger partial charge in [0.15, 0.2) is 0 Å². The van der Waals surface area contributed by atoms with Crippen molar-refractivity contribution in [3.05, 3.63) is 18.0 Å². The highest BCUT2D eigenvalue weighted by molar-refractivity contribution is 5.76. The molecule has 1 unspecified atom stereocenters. The van der Waals surface area contributed by atoms with E-state index in [4.69, 9.17) is 5.73 Å². The Labute approximate surface area is 102 Å². The Morgan fingerprint density at radius 1 is 1.65 bits per heavy atom. The van der Waals surface area contributed by atoms with Gasteiger partial charge in [0.25, 0.3) is 0 Å². The second-order valence-electron chi connectivity index (χ2n) is 4.63. The summed E-state index contributed by atoms with van der Waals surface area (Å²) < 4.78 is 1.82. The number of carbonyl (C=O) groups is 1. The summed E-state index contributed by atoms with van der Waals surface area (Å²) in [5, 5.41) is 4.43. The normalized spacial score (nSPS) is 20.6. The highest BCUT2D eigenvalue weighted by atomic mass is 16.2. The Kier molecular flexibility index (Phi) is 3.78. The minimum atomic E-state index is 0.174. The minimum absolute atomic E-state index is 0.174. The van der Waals surface area contributed by atoms with E-state index in [9.17, 15) is 4.79 Å². The second-order valence-corrected chi connectivity index (χ2v) is 4.63. The summed E-state index contributed by atoms with van der Waals surface area (Å²) in [6.45, 7) is 2.08. The Balaban J connectivity index is 1.99. The van der Waals surface area contributed by atoms with Gasteiger partial charge in [-0.25, -0.2) is 0 Å². The number of nitrogens with zero attached hydrogens (tertiary/aromatic N) is 3. The van der Waals surface area contributed by atoms with Gasteiger partial charge in [-0.2, -0.15) is 5.10 Å². The number of piperidine rings is 1. The summed E-state index contributed by atoms with van der Waals surface area (Å²) in [6.07, 6.45) is 4.58. The van der Waals surface area contributed by atoms with Crippen molar-refractivity contribution in [2.45, 2.75) is 25.2 Å². The molecule has 1 aliphatic heterocycles. The van der Waals surface area contributed by atoms with Gasteiger partial charge in [0.05, 0.1) is 5.69 Å². The van der Waals surface area contributed by atoms with Crippen molar-refractivity contribution < 1.29 is 4.79 Å². The Hall–Kier alpha value is -1.36. The summed E-state index contributed by atoms with van der Waals surface area (Å²) in [5.74, 6) is 0.555. The van der Waals surface area contributed by atoms with Crippen LogP contribution in [-0.4, -0.2) is 40.2 Å². The number of rotatable bonds is 3. The van der Waals surface area contributed by atoms with E-state index in [-0.39, 0.29) is 5.91 Å². The Morgan fingerprint density at radius 3 is 3.12 bits per heavy atom. The van der Waals surface area contributed by atoms with Crippen molar-refractivity contribution in [3.63, 3.8) is 0 Å². The van der Waals surface area contributed by atoms with Crippen molar-refractivity contribution in [2.75, 3.05) is 19.6 Å². The van der Waals surface area contributed by atoms with Crippen molar-refractivity contribution in [1.29, 1.82) is 0 Å². The van der Waals surface area contributed by atoms with Crippen LogP contribution in [0.5, 0.6) is 0 Å². The number of amides is 1. The minimum Gasteiger partial charge on any atom is -0.342 e. The standard InChI is InChI=1S/C12H20N4O/c1-15-8-5-11(14-15)10-3-2-7-16(9-10)12(17)4-6-13/h5,8,10H,2-4,6-7,9,13H2,1H3. The highest BCUT2D eigenvalue weighted by Gasteiger charge is 2.25. The van der Waals surface area contributed by atoms with Crippen LogP contribution in [0.1, 0.15) is 30.9 Å². The highest BCUT2D eigenvalue weighted by Crippen LogP contribution is 2.25. The molecule has 0 saturated carbocycles. The van der Waals surface area contributed by atoms with Gasteiger partial charge >= 0.3 is 0 Å². The van der Waals surface area contributed by atoms with Crippen molar-refractivity contribution in [2.24, 2.45) is 12.8 Å². The fourth-order valence-electron chi connectivity index (χ4n) is 2.38. The van der Waals surface area contributed by atoms with Crippen LogP contribution in [0.15, 0.2) is 12.3 Å². The summed E-state index contributed by atoms with van der Waals surface area (Å²) in [6, 6.07) is 2.04. The number of hydrogen-bond acceptors (Lipinski definition) is 3. The van der Waals surface area contributed by atoms with Gasteiger partial charge in [-0.05, 0) is 18.9 Å². The van der Waals surface area contributed by atoms with E-state index in [0.717, 1.165) is 31.6 Å². The van der Waals surface area contributed by atoms with Gasteiger partial charge in [-0.1, -0.05) is 0 Å². The van der Waals surface area contributed by atoms with E-state index < -0.39 is 0 Å². The molecule has 1 fully saturated rings. The summed E-state index contributed by atoms with van der Waals surface area (Å²) >= 11 is 0. The van der Waals surface area contributed by atoms with Crippen LogP contribution >= 0.6 is 0 Å². The van der Waals surface area contributed by atoms with E-state index >= 15 is 0 Å². The molecule has 2 rings (SSSR count). The van der Waals surface area contributed by atoms with Crippen molar-refractivity contribution >= 4 is 5.91 Å². The molecule has 94 valence electrons. The molecule has 5 nitrogen and oxygen atoms in total. The van der Waals surface area contributed by atoms with E-state index in [2.05, 4.69) is 5.10 Å². The summed E-state index contributed by atoms with van der Waals surface area (Å²) in [5.41, 5.74) is 6.52. The summed E-state index contributed by atoms with van der Waals surface area (Å²) in [7, 11) is 1.92. The largest absolute Gasteiger partial charge is 0.342 e. The lowest BCUT2D eigenvalue weighted by molar-refractivity contribution is -0.132. The molecule has 1 atom stereocenters. The van der Waals surface area contributed by atoms with Crippen LogP contribution in [0.2, 0.25) is 0 Å². The molecule has 0 spiro atoms. The zero-order valence-electron chi connectivity index (χ0n) is 10.3. The average molecular weight is 236 g/mol. The first-order valence-electron chi connectivity index (χ1n) is 6.18. The fourth-order valence-corrected chi connectivity index (χ4v) is 2.38. The van der Waals surface area contributed by atoms with Crippen LogP contribution in [0.25, 0.3) is 0 Å². The van der Waals surface area contributed by atoms with Crippen molar-refractivity contribution in [3.8, 4) is 0 Å². The number of nitrogens with two attached hydrogens (primary N) is 1. The number of aryl methyl sites for hydroxylation is 1. The van der Waals surface area contributed by atoms with Gasteiger partial charge in [0.1, 0.15) is 0 Å². The molecular formula is C12H20N4O. The zero-order chi connectivity index (χ0) is 12.3. The summed E-state index contributed by atoms with van der Waals surface area (Å²) in [4.78, 5) is 13.7. The first kappa shape index (κ1) is 12.1. The third-order valence-electron chi connectivity index (χ3n) is 3.28. The van der Waals surface area contributed by atoms with Gasteiger partial charge < -0.3 is 10.6 Å². The van der Waals surface area contributed by atoms with Gasteiger partial charge in [0, 0.05) is 45.2 Å². The van der Waals surface area contributed by atoms with E-state index in [1.54, 1.807) is 0 Å².